The van der Waals surface area contributed by atoms with Gasteiger partial charge in [0.05, 0.1) is 4.90 Å². The summed E-state index contributed by atoms with van der Waals surface area (Å²) < 4.78 is 38.1. The van der Waals surface area contributed by atoms with Crippen molar-refractivity contribution in [3.8, 4) is 23.0 Å². The smallest absolute Gasteiger partial charge is 0.293 e. The molecule has 1 aliphatic rings. The van der Waals surface area contributed by atoms with Crippen LogP contribution in [-0.2, 0) is 10.0 Å². The van der Waals surface area contributed by atoms with Gasteiger partial charge in [0.2, 0.25) is 15.8 Å². The first-order valence-electron chi connectivity index (χ1n) is 8.24. The van der Waals surface area contributed by atoms with Crippen molar-refractivity contribution in [1.29, 1.82) is 0 Å². The predicted molar refractivity (Wildman–Crippen MR) is 97.7 cm³/mol. The van der Waals surface area contributed by atoms with Crippen molar-refractivity contribution in [1.82, 2.24) is 14.4 Å². The first-order valence-corrected chi connectivity index (χ1v) is 10.5. The van der Waals surface area contributed by atoms with E-state index in [1.165, 1.54) is 0 Å². The van der Waals surface area contributed by atoms with Crippen molar-refractivity contribution in [2.24, 2.45) is 0 Å². The zero-order chi connectivity index (χ0) is 18.1. The summed E-state index contributed by atoms with van der Waals surface area (Å²) >= 11 is 3.22. The maximum absolute atomic E-state index is 12.7. The third-order valence-corrected chi connectivity index (χ3v) is 6.61. The number of hydrogen-bond donors (Lipinski definition) is 0. The number of aromatic nitrogens is 2. The van der Waals surface area contributed by atoms with E-state index in [0.29, 0.717) is 34.9 Å². The monoisotopic (exact) mass is 437 g/mol. The van der Waals surface area contributed by atoms with E-state index in [0.717, 1.165) is 19.3 Å². The van der Waals surface area contributed by atoms with E-state index in [-0.39, 0.29) is 10.8 Å². The average molecular weight is 438 g/mol. The van der Waals surface area contributed by atoms with Crippen LogP contribution in [0, 0.1) is 0 Å². The quantitative estimate of drug-likeness (QED) is 0.613. The lowest BCUT2D eigenvalue weighted by atomic mass is 10.2. The van der Waals surface area contributed by atoms with Crippen molar-refractivity contribution in [3.63, 3.8) is 0 Å². The Morgan fingerprint density at radius 3 is 2.38 bits per heavy atom. The summed E-state index contributed by atoms with van der Waals surface area (Å²) in [7, 11) is -3.45. The summed E-state index contributed by atoms with van der Waals surface area (Å²) in [6.45, 7) is 1.16. The highest BCUT2D eigenvalue weighted by Gasteiger charge is 2.26. The van der Waals surface area contributed by atoms with Crippen molar-refractivity contribution >= 4 is 26.0 Å². The molecule has 3 aromatic rings. The van der Waals surface area contributed by atoms with Crippen LogP contribution in [0.4, 0.5) is 0 Å². The van der Waals surface area contributed by atoms with Crippen molar-refractivity contribution in [2.45, 2.75) is 24.2 Å². The standard InChI is InChI=1S/C17H16BrN3O4S/c18-15-9-8-14(24-15)17-19-16(20-25-17)12-4-6-13(7-5-12)26(22,23)21-10-2-1-3-11-21/h4-9H,1-3,10-11H2. The molecule has 3 heterocycles. The molecule has 9 heteroatoms. The highest BCUT2D eigenvalue weighted by molar-refractivity contribution is 9.10. The fraction of sp³-hybridized carbons (Fsp3) is 0.294. The molecule has 1 aromatic carbocycles. The van der Waals surface area contributed by atoms with E-state index in [2.05, 4.69) is 26.1 Å². The van der Waals surface area contributed by atoms with Crippen LogP contribution in [0.5, 0.6) is 0 Å². The number of benzene rings is 1. The van der Waals surface area contributed by atoms with Gasteiger partial charge in [-0.1, -0.05) is 11.6 Å². The number of nitrogens with zero attached hydrogens (tertiary/aromatic N) is 3. The Hall–Kier alpha value is -1.97. The van der Waals surface area contributed by atoms with Crippen LogP contribution >= 0.6 is 15.9 Å². The van der Waals surface area contributed by atoms with Gasteiger partial charge in [-0.15, -0.1) is 0 Å². The molecule has 0 atom stereocenters. The lowest BCUT2D eigenvalue weighted by Gasteiger charge is -2.25. The van der Waals surface area contributed by atoms with Gasteiger partial charge in [0, 0.05) is 18.7 Å². The summed E-state index contributed by atoms with van der Waals surface area (Å²) in [6.07, 6.45) is 2.90. The van der Waals surface area contributed by atoms with Crippen LogP contribution in [0.1, 0.15) is 19.3 Å². The molecular weight excluding hydrogens is 422 g/mol. The Morgan fingerprint density at radius 2 is 1.73 bits per heavy atom. The van der Waals surface area contributed by atoms with Gasteiger partial charge < -0.3 is 8.94 Å². The molecule has 1 saturated heterocycles. The summed E-state index contributed by atoms with van der Waals surface area (Å²) in [6, 6.07) is 9.99. The van der Waals surface area contributed by atoms with Gasteiger partial charge in [-0.2, -0.15) is 9.29 Å². The van der Waals surface area contributed by atoms with Gasteiger partial charge in [-0.05, 0) is 65.2 Å². The number of piperidine rings is 1. The first kappa shape index (κ1) is 17.4. The van der Waals surface area contributed by atoms with E-state index in [1.807, 2.05) is 0 Å². The second kappa shape index (κ2) is 6.98. The second-order valence-electron chi connectivity index (χ2n) is 6.02. The largest absolute Gasteiger partial charge is 0.444 e. The summed E-state index contributed by atoms with van der Waals surface area (Å²) in [5.74, 6) is 1.09. The highest BCUT2D eigenvalue weighted by atomic mass is 79.9. The Balaban J connectivity index is 1.57. The molecule has 0 radical (unpaired) electrons. The molecule has 0 aliphatic carbocycles. The molecule has 1 aliphatic heterocycles. The topological polar surface area (TPSA) is 89.4 Å². The van der Waals surface area contributed by atoms with Gasteiger partial charge in [0.25, 0.3) is 5.89 Å². The molecule has 0 bridgehead atoms. The summed E-state index contributed by atoms with van der Waals surface area (Å²) in [4.78, 5) is 4.57. The van der Waals surface area contributed by atoms with Crippen LogP contribution in [0.15, 0.2) is 54.9 Å². The minimum atomic E-state index is -3.45. The van der Waals surface area contributed by atoms with Crippen molar-refractivity contribution in [2.75, 3.05) is 13.1 Å². The van der Waals surface area contributed by atoms with E-state index >= 15 is 0 Å². The molecule has 7 nitrogen and oxygen atoms in total. The zero-order valence-corrected chi connectivity index (χ0v) is 16.2. The molecule has 0 saturated carbocycles. The van der Waals surface area contributed by atoms with Gasteiger partial charge in [-0.3, -0.25) is 0 Å². The van der Waals surface area contributed by atoms with E-state index in [9.17, 15) is 8.42 Å². The molecule has 0 unspecified atom stereocenters. The fourth-order valence-corrected chi connectivity index (χ4v) is 4.72. The molecule has 1 fully saturated rings. The third-order valence-electron chi connectivity index (χ3n) is 4.28. The SMILES string of the molecule is O=S(=O)(c1ccc(-c2noc(-c3ccc(Br)o3)n2)cc1)N1CCCCC1. The van der Waals surface area contributed by atoms with Gasteiger partial charge >= 0.3 is 0 Å². The van der Waals surface area contributed by atoms with Crippen LogP contribution in [0.3, 0.4) is 0 Å². The Labute approximate surface area is 159 Å². The molecule has 0 amide bonds. The lowest BCUT2D eigenvalue weighted by molar-refractivity contribution is 0.346. The molecule has 136 valence electrons. The second-order valence-corrected chi connectivity index (χ2v) is 8.74. The highest BCUT2D eigenvalue weighted by Crippen LogP contribution is 2.27. The van der Waals surface area contributed by atoms with E-state index < -0.39 is 10.0 Å². The van der Waals surface area contributed by atoms with E-state index in [4.69, 9.17) is 8.94 Å². The van der Waals surface area contributed by atoms with Crippen molar-refractivity contribution < 1.29 is 17.4 Å². The Bertz CT molecular complexity index is 1000. The number of halogens is 1. The Morgan fingerprint density at radius 1 is 1.00 bits per heavy atom. The molecular formula is C17H16BrN3O4S. The molecule has 0 spiro atoms. The zero-order valence-electron chi connectivity index (χ0n) is 13.8. The number of sulfonamides is 1. The number of rotatable bonds is 4. The Kier molecular flexibility index (Phi) is 4.68. The lowest BCUT2D eigenvalue weighted by Crippen LogP contribution is -2.35. The first-order chi connectivity index (χ1) is 12.5. The minimum absolute atomic E-state index is 0.260. The minimum Gasteiger partial charge on any atom is -0.444 e. The van der Waals surface area contributed by atoms with Crippen LogP contribution in [0.25, 0.3) is 23.0 Å². The average Bonchev–Trinajstić information content (AvgIpc) is 3.32. The predicted octanol–water partition coefficient (Wildman–Crippen LogP) is 3.93. The number of hydrogen-bond acceptors (Lipinski definition) is 6. The van der Waals surface area contributed by atoms with Gasteiger partial charge in [0.15, 0.2) is 10.4 Å². The maximum atomic E-state index is 12.7. The number of furan rings is 1. The molecule has 26 heavy (non-hydrogen) atoms. The van der Waals surface area contributed by atoms with Gasteiger partial charge in [0.1, 0.15) is 0 Å². The summed E-state index contributed by atoms with van der Waals surface area (Å²) in [5.41, 5.74) is 0.670. The third kappa shape index (κ3) is 3.34. The van der Waals surface area contributed by atoms with Crippen molar-refractivity contribution in [3.05, 3.63) is 41.1 Å². The van der Waals surface area contributed by atoms with Gasteiger partial charge in [-0.25, -0.2) is 8.42 Å². The van der Waals surface area contributed by atoms with Crippen LogP contribution < -0.4 is 0 Å². The molecule has 2 aromatic heterocycles. The van der Waals surface area contributed by atoms with E-state index in [1.54, 1.807) is 40.7 Å². The normalized spacial score (nSPS) is 16.0. The van der Waals surface area contributed by atoms with Crippen LogP contribution in [-0.4, -0.2) is 36.0 Å². The maximum Gasteiger partial charge on any atom is 0.293 e. The summed E-state index contributed by atoms with van der Waals surface area (Å²) in [5, 5.41) is 3.93. The molecule has 0 N–H and O–H groups in total. The molecule has 4 rings (SSSR count). The van der Waals surface area contributed by atoms with Crippen LogP contribution in [0.2, 0.25) is 0 Å². The fourth-order valence-electron chi connectivity index (χ4n) is 2.90.